The average molecular weight is 397 g/mol. The minimum atomic E-state index is -0.336. The Morgan fingerprint density at radius 2 is 0.964 bits per heavy atom. The molecule has 0 spiro atoms. The molecular weight excluding hydrogens is 352 g/mol. The third kappa shape index (κ3) is 13.0. The van der Waals surface area contributed by atoms with E-state index in [1.165, 1.54) is 0 Å². The number of carbonyl (C=O) groups excluding carboxylic acids is 2. The maximum absolute atomic E-state index is 12.8. The van der Waals surface area contributed by atoms with Crippen LogP contribution in [0.3, 0.4) is 0 Å². The van der Waals surface area contributed by atoms with Crippen molar-refractivity contribution < 1.29 is 19.1 Å². The zero-order valence-corrected chi connectivity index (χ0v) is 19.3. The summed E-state index contributed by atoms with van der Waals surface area (Å²) >= 11 is 0. The van der Waals surface area contributed by atoms with Gasteiger partial charge in [0.25, 0.3) is 0 Å². The Labute approximate surface area is 173 Å². The van der Waals surface area contributed by atoms with Crippen molar-refractivity contribution in [3.8, 4) is 0 Å². The molecule has 0 aromatic rings. The van der Waals surface area contributed by atoms with Gasteiger partial charge in [0, 0.05) is 11.1 Å². The second-order valence-electron chi connectivity index (χ2n) is 8.56. The molecule has 0 rings (SSSR count). The second-order valence-corrected chi connectivity index (χ2v) is 8.56. The number of carbonyl (C=O) groups is 2. The molecule has 0 fully saturated rings. The van der Waals surface area contributed by atoms with Crippen LogP contribution in [-0.4, -0.2) is 25.2 Å². The lowest BCUT2D eigenvalue weighted by Gasteiger charge is -2.16. The van der Waals surface area contributed by atoms with E-state index in [1.54, 1.807) is 0 Å². The molecule has 0 heterocycles. The largest absolute Gasteiger partial charge is 0.462 e. The first kappa shape index (κ1) is 26.7. The van der Waals surface area contributed by atoms with E-state index in [4.69, 9.17) is 9.47 Å². The minimum absolute atomic E-state index is 0.270. The van der Waals surface area contributed by atoms with Gasteiger partial charge in [-0.15, -0.1) is 0 Å². The molecule has 0 aromatic carbocycles. The number of unbranched alkanes of at least 4 members (excludes halogenated alkanes) is 6. The molecule has 0 aliphatic carbocycles. The lowest BCUT2D eigenvalue weighted by atomic mass is 9.96. The van der Waals surface area contributed by atoms with Crippen molar-refractivity contribution in [2.75, 3.05) is 13.2 Å². The molecule has 28 heavy (non-hydrogen) atoms. The lowest BCUT2D eigenvalue weighted by Crippen LogP contribution is -2.20. The van der Waals surface area contributed by atoms with Gasteiger partial charge in [0.05, 0.1) is 13.2 Å². The summed E-state index contributed by atoms with van der Waals surface area (Å²) in [6.07, 6.45) is 9.65. The first-order valence-corrected chi connectivity index (χ1v) is 11.4. The fourth-order valence-corrected chi connectivity index (χ4v) is 2.87. The SMILES string of the molecule is CCCCCCC(C(=O)OCC(C)C)=C(CCCCCC)C(=O)OCC(C)C. The van der Waals surface area contributed by atoms with Crippen LogP contribution in [0.5, 0.6) is 0 Å². The van der Waals surface area contributed by atoms with Gasteiger partial charge in [0.1, 0.15) is 0 Å². The van der Waals surface area contributed by atoms with Gasteiger partial charge in [0.15, 0.2) is 0 Å². The predicted molar refractivity (Wildman–Crippen MR) is 116 cm³/mol. The zero-order valence-electron chi connectivity index (χ0n) is 19.3. The molecule has 0 saturated carbocycles. The Kier molecular flexibility index (Phi) is 15.8. The zero-order chi connectivity index (χ0) is 21.4. The maximum Gasteiger partial charge on any atom is 0.334 e. The van der Waals surface area contributed by atoms with Gasteiger partial charge in [-0.05, 0) is 37.5 Å². The van der Waals surface area contributed by atoms with Gasteiger partial charge in [-0.3, -0.25) is 0 Å². The van der Waals surface area contributed by atoms with Gasteiger partial charge >= 0.3 is 11.9 Å². The maximum atomic E-state index is 12.8. The molecule has 0 aliphatic heterocycles. The normalized spacial score (nSPS) is 12.3. The number of hydrogen-bond acceptors (Lipinski definition) is 4. The highest BCUT2D eigenvalue weighted by Crippen LogP contribution is 2.23. The molecule has 0 unspecified atom stereocenters. The fraction of sp³-hybridized carbons (Fsp3) is 0.833. The number of hydrogen-bond donors (Lipinski definition) is 0. The minimum Gasteiger partial charge on any atom is -0.462 e. The first-order chi connectivity index (χ1) is 13.3. The molecule has 0 amide bonds. The molecule has 0 saturated heterocycles. The summed E-state index contributed by atoms with van der Waals surface area (Å²) in [5, 5.41) is 0. The van der Waals surface area contributed by atoms with E-state index in [-0.39, 0.29) is 23.8 Å². The van der Waals surface area contributed by atoms with E-state index in [9.17, 15) is 9.59 Å². The van der Waals surface area contributed by atoms with Crippen LogP contribution >= 0.6 is 0 Å². The van der Waals surface area contributed by atoms with E-state index in [2.05, 4.69) is 13.8 Å². The van der Waals surface area contributed by atoms with Crippen LogP contribution in [0.4, 0.5) is 0 Å². The van der Waals surface area contributed by atoms with Crippen molar-refractivity contribution in [1.82, 2.24) is 0 Å². The summed E-state index contributed by atoms with van der Waals surface area (Å²) in [5.41, 5.74) is 1.09. The summed E-state index contributed by atoms with van der Waals surface area (Å²) in [5.74, 6) is -0.133. The van der Waals surface area contributed by atoms with Gasteiger partial charge < -0.3 is 9.47 Å². The fourth-order valence-electron chi connectivity index (χ4n) is 2.87. The van der Waals surface area contributed by atoms with Crippen molar-refractivity contribution >= 4 is 11.9 Å². The Bertz CT molecular complexity index is 421. The summed E-state index contributed by atoms with van der Waals surface area (Å²) in [6, 6.07) is 0. The van der Waals surface area contributed by atoms with Gasteiger partial charge in [0.2, 0.25) is 0 Å². The second kappa shape index (κ2) is 16.6. The van der Waals surface area contributed by atoms with Crippen LogP contribution in [-0.2, 0) is 19.1 Å². The van der Waals surface area contributed by atoms with Gasteiger partial charge in [-0.25, -0.2) is 9.59 Å². The van der Waals surface area contributed by atoms with Gasteiger partial charge in [-0.1, -0.05) is 80.1 Å². The summed E-state index contributed by atoms with van der Waals surface area (Å²) in [4.78, 5) is 25.6. The number of ether oxygens (including phenoxy) is 2. The standard InChI is InChI=1S/C24H44O4/c1-7-9-11-13-15-21(23(25)27-17-19(3)4)22(16-14-12-10-8-2)24(26)28-18-20(5)6/h19-20H,7-18H2,1-6H3. The van der Waals surface area contributed by atoms with Crippen molar-refractivity contribution in [2.45, 2.75) is 106 Å². The average Bonchev–Trinajstić information content (AvgIpc) is 2.65. The number of esters is 2. The van der Waals surface area contributed by atoms with Crippen LogP contribution in [0.1, 0.15) is 106 Å². The third-order valence-corrected chi connectivity index (χ3v) is 4.51. The van der Waals surface area contributed by atoms with Crippen LogP contribution in [0.15, 0.2) is 11.1 Å². The van der Waals surface area contributed by atoms with Gasteiger partial charge in [-0.2, -0.15) is 0 Å². The van der Waals surface area contributed by atoms with Crippen molar-refractivity contribution in [1.29, 1.82) is 0 Å². The van der Waals surface area contributed by atoms with Crippen molar-refractivity contribution in [3.63, 3.8) is 0 Å². The van der Waals surface area contributed by atoms with E-state index < -0.39 is 0 Å². The van der Waals surface area contributed by atoms with Crippen LogP contribution < -0.4 is 0 Å². The Hall–Kier alpha value is -1.32. The number of rotatable bonds is 16. The topological polar surface area (TPSA) is 52.6 Å². The lowest BCUT2D eigenvalue weighted by molar-refractivity contribution is -0.143. The monoisotopic (exact) mass is 396 g/mol. The van der Waals surface area contributed by atoms with Crippen LogP contribution in [0.25, 0.3) is 0 Å². The quantitative estimate of drug-likeness (QED) is 0.167. The van der Waals surface area contributed by atoms with E-state index in [1.807, 2.05) is 27.7 Å². The highest BCUT2D eigenvalue weighted by Gasteiger charge is 2.23. The smallest absolute Gasteiger partial charge is 0.334 e. The summed E-state index contributed by atoms with van der Waals surface area (Å²) in [6.45, 7) is 13.1. The van der Waals surface area contributed by atoms with Crippen molar-refractivity contribution in [3.05, 3.63) is 11.1 Å². The highest BCUT2D eigenvalue weighted by atomic mass is 16.5. The molecule has 0 aliphatic rings. The van der Waals surface area contributed by atoms with E-state index in [0.29, 0.717) is 37.2 Å². The summed E-state index contributed by atoms with van der Waals surface area (Å²) in [7, 11) is 0. The molecule has 0 N–H and O–H groups in total. The van der Waals surface area contributed by atoms with Crippen LogP contribution in [0, 0.1) is 11.8 Å². The predicted octanol–water partition coefficient (Wildman–Crippen LogP) is 6.62. The summed E-state index contributed by atoms with van der Waals surface area (Å²) < 4.78 is 11.0. The molecular formula is C24H44O4. The molecule has 4 heteroatoms. The Morgan fingerprint density at radius 3 is 1.25 bits per heavy atom. The molecule has 164 valence electrons. The van der Waals surface area contributed by atoms with Crippen LogP contribution in [0.2, 0.25) is 0 Å². The molecule has 4 nitrogen and oxygen atoms in total. The first-order valence-electron chi connectivity index (χ1n) is 11.4. The highest BCUT2D eigenvalue weighted by molar-refractivity contribution is 6.00. The van der Waals surface area contributed by atoms with Crippen molar-refractivity contribution in [2.24, 2.45) is 11.8 Å². The third-order valence-electron chi connectivity index (χ3n) is 4.51. The van der Waals surface area contributed by atoms with E-state index >= 15 is 0 Å². The molecule has 0 aromatic heterocycles. The van der Waals surface area contributed by atoms with E-state index in [0.717, 1.165) is 51.4 Å². The Morgan fingerprint density at radius 1 is 0.607 bits per heavy atom. The molecule has 0 bridgehead atoms. The molecule has 0 radical (unpaired) electrons. The Balaban J connectivity index is 5.46. The molecule has 0 atom stereocenters.